The fourth-order valence-corrected chi connectivity index (χ4v) is 0.786. The summed E-state index contributed by atoms with van der Waals surface area (Å²) in [6, 6.07) is 5.41. The van der Waals surface area contributed by atoms with Crippen LogP contribution in [0.1, 0.15) is 5.56 Å². The van der Waals surface area contributed by atoms with Gasteiger partial charge in [-0.1, -0.05) is 17.7 Å². The van der Waals surface area contributed by atoms with Gasteiger partial charge in [0.05, 0.1) is 6.20 Å². The van der Waals surface area contributed by atoms with Gasteiger partial charge < -0.3 is 0 Å². The van der Waals surface area contributed by atoms with Gasteiger partial charge in [0, 0.05) is 12.4 Å². The van der Waals surface area contributed by atoms with Crippen molar-refractivity contribution >= 4 is 11.6 Å². The van der Waals surface area contributed by atoms with Crippen LogP contribution in [-0.4, -0.2) is 15.2 Å². The average Bonchev–Trinajstić information content (AvgIpc) is 2.58. The van der Waals surface area contributed by atoms with Crippen LogP contribution in [0, 0.1) is 6.92 Å². The number of nitrogens with zero attached hydrogens (tertiary/aromatic N) is 2. The maximum absolute atomic E-state index is 5.43. The number of halogens is 1. The van der Waals surface area contributed by atoms with Crippen molar-refractivity contribution < 1.29 is 0 Å². The molecule has 2 rings (SSSR count). The molecule has 0 amide bonds. The predicted octanol–water partition coefficient (Wildman–Crippen LogP) is 2.45. The van der Waals surface area contributed by atoms with E-state index in [4.69, 9.17) is 11.6 Å². The first-order valence-corrected chi connectivity index (χ1v) is 4.19. The zero-order chi connectivity index (χ0) is 9.52. The van der Waals surface area contributed by atoms with Crippen LogP contribution in [0.25, 0.3) is 0 Å². The summed E-state index contributed by atoms with van der Waals surface area (Å²) in [5.41, 5.74) is 1.18. The van der Waals surface area contributed by atoms with Gasteiger partial charge in [0.1, 0.15) is 5.15 Å². The summed E-state index contributed by atoms with van der Waals surface area (Å²) in [6.07, 6.45) is 5.28. The van der Waals surface area contributed by atoms with Crippen molar-refractivity contribution in [3.8, 4) is 0 Å². The quantitative estimate of drug-likeness (QED) is 0.657. The van der Waals surface area contributed by atoms with Crippen LogP contribution < -0.4 is 0 Å². The highest BCUT2D eigenvalue weighted by Gasteiger charge is 1.76. The Labute approximate surface area is 81.8 Å². The van der Waals surface area contributed by atoms with Gasteiger partial charge in [-0.25, -0.2) is 4.98 Å². The van der Waals surface area contributed by atoms with Crippen molar-refractivity contribution in [2.24, 2.45) is 0 Å². The lowest BCUT2D eigenvalue weighted by Gasteiger charge is -1.79. The zero-order valence-electron chi connectivity index (χ0n) is 7.24. The second kappa shape index (κ2) is 5.32. The number of hydrogen-bond donors (Lipinski definition) is 1. The fraction of sp³-hybridized carbons (Fsp3) is 0.111. The molecule has 0 bridgehead atoms. The highest BCUT2D eigenvalue weighted by Crippen LogP contribution is 1.98. The van der Waals surface area contributed by atoms with E-state index in [2.05, 4.69) is 15.2 Å². The highest BCUT2D eigenvalue weighted by molar-refractivity contribution is 6.29. The Morgan fingerprint density at radius 1 is 1.38 bits per heavy atom. The molecule has 1 N–H and O–H groups in total. The van der Waals surface area contributed by atoms with E-state index in [0.717, 1.165) is 0 Å². The van der Waals surface area contributed by atoms with Crippen LogP contribution in [0.4, 0.5) is 0 Å². The minimum atomic E-state index is 0.544. The third kappa shape index (κ3) is 4.28. The maximum atomic E-state index is 5.43. The third-order valence-corrected chi connectivity index (χ3v) is 1.49. The first kappa shape index (κ1) is 9.74. The molecule has 0 atom stereocenters. The van der Waals surface area contributed by atoms with Crippen LogP contribution in [0.5, 0.6) is 0 Å². The molecule has 0 unspecified atom stereocenters. The lowest BCUT2D eigenvalue weighted by atomic mass is 10.4. The Morgan fingerprint density at radius 3 is 2.46 bits per heavy atom. The number of aromatic amines is 1. The van der Waals surface area contributed by atoms with Crippen LogP contribution in [0.3, 0.4) is 0 Å². The molecule has 0 saturated heterocycles. The number of nitrogens with one attached hydrogen (secondary N) is 1. The smallest absolute Gasteiger partial charge is 0.129 e. The average molecular weight is 196 g/mol. The molecule has 3 nitrogen and oxygen atoms in total. The summed E-state index contributed by atoms with van der Waals surface area (Å²) in [5.74, 6) is 0. The fourth-order valence-electron chi connectivity index (χ4n) is 0.657. The number of H-pyrrole nitrogens is 1. The maximum Gasteiger partial charge on any atom is 0.129 e. The molecule has 13 heavy (non-hydrogen) atoms. The highest BCUT2D eigenvalue weighted by atomic mass is 35.5. The van der Waals surface area contributed by atoms with Crippen LogP contribution in [0.15, 0.2) is 36.8 Å². The predicted molar refractivity (Wildman–Crippen MR) is 52.6 cm³/mol. The van der Waals surface area contributed by atoms with Gasteiger partial charge in [0.15, 0.2) is 0 Å². The van der Waals surface area contributed by atoms with Gasteiger partial charge in [-0.2, -0.15) is 5.10 Å². The van der Waals surface area contributed by atoms with E-state index in [-0.39, 0.29) is 0 Å². The van der Waals surface area contributed by atoms with E-state index in [1.807, 2.05) is 25.3 Å². The van der Waals surface area contributed by atoms with E-state index in [9.17, 15) is 0 Å². The Bertz CT molecular complexity index is 318. The lowest BCUT2D eigenvalue weighted by molar-refractivity contribution is 1.09. The summed E-state index contributed by atoms with van der Waals surface area (Å²) < 4.78 is 0. The Balaban J connectivity index is 0.000000132. The van der Waals surface area contributed by atoms with Gasteiger partial charge in [0.2, 0.25) is 0 Å². The number of aryl methyl sites for hydroxylation is 1. The second-order valence-corrected chi connectivity index (χ2v) is 2.82. The van der Waals surface area contributed by atoms with E-state index in [0.29, 0.717) is 5.15 Å². The SMILES string of the molecule is Cc1cn[nH]c1.Clc1ccccn1. The van der Waals surface area contributed by atoms with Crippen molar-refractivity contribution in [2.45, 2.75) is 6.92 Å². The number of rotatable bonds is 0. The second-order valence-electron chi connectivity index (χ2n) is 2.43. The Hall–Kier alpha value is -1.35. The first-order valence-electron chi connectivity index (χ1n) is 3.81. The number of pyridine rings is 1. The molecule has 68 valence electrons. The standard InChI is InChI=1S/C5H4ClN.C4H6N2/c6-5-3-1-2-4-7-5;1-4-2-5-6-3-4/h1-4H;2-3H,1H3,(H,5,6). The molecule has 0 saturated carbocycles. The molecule has 4 heteroatoms. The summed E-state index contributed by atoms with van der Waals surface area (Å²) in [6.45, 7) is 1.99. The van der Waals surface area contributed by atoms with Gasteiger partial charge in [0.25, 0.3) is 0 Å². The minimum absolute atomic E-state index is 0.544. The molecule has 0 aromatic carbocycles. The molecule has 0 aliphatic heterocycles. The summed E-state index contributed by atoms with van der Waals surface area (Å²) in [5, 5.41) is 6.92. The molecule has 2 aromatic rings. The van der Waals surface area contributed by atoms with Gasteiger partial charge in [-0.3, -0.25) is 5.10 Å². The van der Waals surface area contributed by atoms with Crippen LogP contribution in [-0.2, 0) is 0 Å². The van der Waals surface area contributed by atoms with E-state index >= 15 is 0 Å². The molecule has 0 aliphatic rings. The van der Waals surface area contributed by atoms with E-state index < -0.39 is 0 Å². The third-order valence-electron chi connectivity index (χ3n) is 1.26. The van der Waals surface area contributed by atoms with Gasteiger partial charge >= 0.3 is 0 Å². The van der Waals surface area contributed by atoms with Crippen LogP contribution >= 0.6 is 11.6 Å². The van der Waals surface area contributed by atoms with Crippen molar-refractivity contribution in [3.63, 3.8) is 0 Å². The van der Waals surface area contributed by atoms with Crippen molar-refractivity contribution in [2.75, 3.05) is 0 Å². The largest absolute Gasteiger partial charge is 0.285 e. The number of aromatic nitrogens is 3. The van der Waals surface area contributed by atoms with Crippen LogP contribution in [0.2, 0.25) is 5.15 Å². The Morgan fingerprint density at radius 2 is 2.23 bits per heavy atom. The van der Waals surface area contributed by atoms with E-state index in [1.54, 1.807) is 18.5 Å². The van der Waals surface area contributed by atoms with Crippen molar-refractivity contribution in [1.82, 2.24) is 15.2 Å². The molecule has 0 aliphatic carbocycles. The molecule has 0 radical (unpaired) electrons. The van der Waals surface area contributed by atoms with Crippen molar-refractivity contribution in [1.29, 1.82) is 0 Å². The molecule has 0 fully saturated rings. The topological polar surface area (TPSA) is 41.6 Å². The molecule has 2 aromatic heterocycles. The normalized spacial score (nSPS) is 8.77. The Kier molecular flexibility index (Phi) is 3.99. The van der Waals surface area contributed by atoms with Gasteiger partial charge in [-0.15, -0.1) is 0 Å². The molecule has 0 spiro atoms. The van der Waals surface area contributed by atoms with Crippen molar-refractivity contribution in [3.05, 3.63) is 47.5 Å². The minimum Gasteiger partial charge on any atom is -0.285 e. The zero-order valence-corrected chi connectivity index (χ0v) is 7.99. The lowest BCUT2D eigenvalue weighted by Crippen LogP contribution is -1.65. The monoisotopic (exact) mass is 195 g/mol. The summed E-state index contributed by atoms with van der Waals surface area (Å²) in [7, 11) is 0. The summed E-state index contributed by atoms with van der Waals surface area (Å²) >= 11 is 5.43. The number of hydrogen-bond acceptors (Lipinski definition) is 2. The molecule has 2 heterocycles. The van der Waals surface area contributed by atoms with Gasteiger partial charge in [-0.05, 0) is 24.6 Å². The molecular formula is C9H10ClN3. The van der Waals surface area contributed by atoms with E-state index in [1.165, 1.54) is 5.56 Å². The summed E-state index contributed by atoms with van der Waals surface area (Å²) in [4.78, 5) is 3.74. The first-order chi connectivity index (χ1) is 6.29. The molecular weight excluding hydrogens is 186 g/mol.